The zero-order chi connectivity index (χ0) is 24.6. The average Bonchev–Trinajstić information content (AvgIpc) is 3.07. The van der Waals surface area contributed by atoms with E-state index in [1.54, 1.807) is 37.5 Å². The van der Waals surface area contributed by atoms with E-state index in [4.69, 9.17) is 4.74 Å². The van der Waals surface area contributed by atoms with Crippen LogP contribution in [0, 0.1) is 13.8 Å². The third-order valence-electron chi connectivity index (χ3n) is 5.95. The van der Waals surface area contributed by atoms with E-state index >= 15 is 0 Å². The number of ether oxygens (including phenoxy) is 1. The maximum Gasteiger partial charge on any atom is 0.416 e. The molecular formula is C26H23F3N2O3. The van der Waals surface area contributed by atoms with Crippen molar-refractivity contribution in [3.8, 4) is 0 Å². The highest BCUT2D eigenvalue weighted by Crippen LogP contribution is 2.37. The lowest BCUT2D eigenvalue weighted by molar-refractivity contribution is -0.137. The van der Waals surface area contributed by atoms with E-state index in [-0.39, 0.29) is 16.8 Å². The molecule has 4 rings (SSSR count). The number of amides is 2. The number of benzene rings is 2. The summed E-state index contributed by atoms with van der Waals surface area (Å²) in [5, 5.41) is 0. The van der Waals surface area contributed by atoms with Crippen LogP contribution in [0.5, 0.6) is 0 Å². The molecule has 0 atom stereocenters. The Hall–Kier alpha value is -3.65. The average molecular weight is 468 g/mol. The van der Waals surface area contributed by atoms with E-state index in [2.05, 4.69) is 4.57 Å². The van der Waals surface area contributed by atoms with E-state index < -0.39 is 23.6 Å². The summed E-state index contributed by atoms with van der Waals surface area (Å²) in [5.74, 6) is -1.34. The molecule has 8 heteroatoms. The van der Waals surface area contributed by atoms with Crippen LogP contribution in [0.25, 0.3) is 11.6 Å². The highest BCUT2D eigenvalue weighted by molar-refractivity contribution is 6.43. The van der Waals surface area contributed by atoms with Gasteiger partial charge in [0, 0.05) is 36.2 Å². The molecule has 0 fully saturated rings. The van der Waals surface area contributed by atoms with Gasteiger partial charge in [0.1, 0.15) is 0 Å². The van der Waals surface area contributed by atoms with Gasteiger partial charge < -0.3 is 9.30 Å². The van der Waals surface area contributed by atoms with Crippen molar-refractivity contribution in [1.29, 1.82) is 0 Å². The van der Waals surface area contributed by atoms with Crippen LogP contribution >= 0.6 is 0 Å². The number of halogens is 3. The number of rotatable bonds is 5. The largest absolute Gasteiger partial charge is 0.416 e. The number of hydrogen-bond acceptors (Lipinski definition) is 3. The first-order valence-corrected chi connectivity index (χ1v) is 10.7. The van der Waals surface area contributed by atoms with Crippen LogP contribution < -0.4 is 4.90 Å². The summed E-state index contributed by atoms with van der Waals surface area (Å²) in [5.41, 5.74) is 2.54. The van der Waals surface area contributed by atoms with Gasteiger partial charge in [0.2, 0.25) is 0 Å². The van der Waals surface area contributed by atoms with Crippen molar-refractivity contribution in [3.05, 3.63) is 88.2 Å². The Morgan fingerprint density at radius 3 is 2.32 bits per heavy atom. The fourth-order valence-electron chi connectivity index (χ4n) is 4.20. The van der Waals surface area contributed by atoms with Crippen molar-refractivity contribution in [2.75, 3.05) is 18.6 Å². The molecule has 34 heavy (non-hydrogen) atoms. The molecule has 0 N–H and O–H groups in total. The summed E-state index contributed by atoms with van der Waals surface area (Å²) >= 11 is 0. The van der Waals surface area contributed by atoms with Crippen molar-refractivity contribution in [3.63, 3.8) is 0 Å². The van der Waals surface area contributed by atoms with Crippen LogP contribution in [0.15, 0.2) is 54.6 Å². The molecule has 2 amide bonds. The highest BCUT2D eigenvalue weighted by atomic mass is 19.4. The number of aryl methyl sites for hydroxylation is 1. The quantitative estimate of drug-likeness (QED) is 0.367. The van der Waals surface area contributed by atoms with Gasteiger partial charge in [-0.25, -0.2) is 4.90 Å². The predicted molar refractivity (Wildman–Crippen MR) is 123 cm³/mol. The van der Waals surface area contributed by atoms with E-state index in [0.717, 1.165) is 34.0 Å². The van der Waals surface area contributed by atoms with Gasteiger partial charge in [-0.15, -0.1) is 0 Å². The molecule has 1 aliphatic heterocycles. The second kappa shape index (κ2) is 8.95. The summed E-state index contributed by atoms with van der Waals surface area (Å²) in [6.07, 6.45) is -2.91. The van der Waals surface area contributed by atoms with Crippen LogP contribution in [-0.2, 0) is 22.3 Å². The van der Waals surface area contributed by atoms with Crippen molar-refractivity contribution in [2.24, 2.45) is 0 Å². The Kier molecular flexibility index (Phi) is 6.18. The van der Waals surface area contributed by atoms with Gasteiger partial charge in [0.15, 0.2) is 0 Å². The second-order valence-electron chi connectivity index (χ2n) is 8.07. The predicted octanol–water partition coefficient (Wildman–Crippen LogP) is 5.50. The minimum atomic E-state index is -4.60. The topological polar surface area (TPSA) is 51.5 Å². The zero-order valence-corrected chi connectivity index (χ0v) is 18.9. The molecule has 0 spiro atoms. The van der Waals surface area contributed by atoms with Gasteiger partial charge in [-0.1, -0.05) is 24.3 Å². The molecule has 2 aromatic carbocycles. The molecule has 3 aromatic rings. The fourth-order valence-corrected chi connectivity index (χ4v) is 4.20. The van der Waals surface area contributed by atoms with Gasteiger partial charge >= 0.3 is 6.18 Å². The minimum absolute atomic E-state index is 0.129. The van der Waals surface area contributed by atoms with Crippen LogP contribution in [0.4, 0.5) is 18.9 Å². The number of fused-ring (bicyclic) bond motifs is 1. The third kappa shape index (κ3) is 4.17. The van der Waals surface area contributed by atoms with Gasteiger partial charge in [-0.2, -0.15) is 13.2 Å². The number of alkyl halides is 3. The zero-order valence-electron chi connectivity index (χ0n) is 18.9. The molecule has 0 saturated heterocycles. The van der Waals surface area contributed by atoms with Crippen LogP contribution in [-0.4, -0.2) is 30.1 Å². The van der Waals surface area contributed by atoms with Crippen LogP contribution in [0.2, 0.25) is 0 Å². The molecule has 176 valence electrons. The summed E-state index contributed by atoms with van der Waals surface area (Å²) in [6, 6.07) is 12.8. The van der Waals surface area contributed by atoms with E-state index in [9.17, 15) is 22.8 Å². The van der Waals surface area contributed by atoms with Gasteiger partial charge in [-0.05, 0) is 61.4 Å². The number of hydrogen-bond donors (Lipinski definition) is 0. The smallest absolute Gasteiger partial charge is 0.383 e. The van der Waals surface area contributed by atoms with Crippen molar-refractivity contribution in [1.82, 2.24) is 4.57 Å². The summed E-state index contributed by atoms with van der Waals surface area (Å²) in [7, 11) is 1.62. The summed E-state index contributed by atoms with van der Waals surface area (Å²) < 4.78 is 47.1. The normalized spacial score (nSPS) is 15.2. The van der Waals surface area contributed by atoms with E-state index in [1.807, 2.05) is 19.9 Å². The molecule has 0 bridgehead atoms. The minimum Gasteiger partial charge on any atom is -0.383 e. The van der Waals surface area contributed by atoms with Gasteiger partial charge in [0.05, 0.1) is 17.9 Å². The molecule has 0 saturated carbocycles. The SMILES string of the molecule is COCCn1c(C)cc(/C=C2\C(=O)N(c3cccc(C(F)(F)F)c3)C(=O)c3ccccc32)c1C. The lowest BCUT2D eigenvalue weighted by atomic mass is 9.91. The van der Waals surface area contributed by atoms with Gasteiger partial charge in [0.25, 0.3) is 11.8 Å². The van der Waals surface area contributed by atoms with Crippen molar-refractivity contribution in [2.45, 2.75) is 26.6 Å². The Labute approximate surface area is 195 Å². The van der Waals surface area contributed by atoms with Gasteiger partial charge in [-0.3, -0.25) is 9.59 Å². The highest BCUT2D eigenvalue weighted by Gasteiger charge is 2.37. The maximum atomic E-state index is 13.6. The Bertz CT molecular complexity index is 1300. The number of imide groups is 1. The molecular weight excluding hydrogens is 445 g/mol. The van der Waals surface area contributed by atoms with Crippen molar-refractivity contribution < 1.29 is 27.5 Å². The summed E-state index contributed by atoms with van der Waals surface area (Å²) in [6.45, 7) is 5.02. The molecule has 0 unspecified atom stereocenters. The lowest BCUT2D eigenvalue weighted by Gasteiger charge is -2.29. The molecule has 2 heterocycles. The maximum absolute atomic E-state index is 13.6. The first-order chi connectivity index (χ1) is 16.1. The van der Waals surface area contributed by atoms with Crippen LogP contribution in [0.1, 0.15) is 38.4 Å². The fraction of sp³-hybridized carbons (Fsp3) is 0.231. The Morgan fingerprint density at radius 2 is 1.65 bits per heavy atom. The molecule has 0 aliphatic carbocycles. The first-order valence-electron chi connectivity index (χ1n) is 10.7. The number of anilines is 1. The Morgan fingerprint density at radius 1 is 0.941 bits per heavy atom. The summed E-state index contributed by atoms with van der Waals surface area (Å²) in [4.78, 5) is 27.6. The number of carbonyl (C=O) groups excluding carboxylic acids is 2. The number of methoxy groups -OCH3 is 1. The van der Waals surface area contributed by atoms with Crippen LogP contribution in [0.3, 0.4) is 0 Å². The molecule has 0 radical (unpaired) electrons. The lowest BCUT2D eigenvalue weighted by Crippen LogP contribution is -2.41. The van der Waals surface area contributed by atoms with E-state index in [1.165, 1.54) is 12.1 Å². The molecule has 5 nitrogen and oxygen atoms in total. The number of aromatic nitrogens is 1. The third-order valence-corrected chi connectivity index (χ3v) is 5.95. The van der Waals surface area contributed by atoms with E-state index in [0.29, 0.717) is 18.7 Å². The first kappa shape index (κ1) is 23.5. The Balaban J connectivity index is 1.86. The monoisotopic (exact) mass is 468 g/mol. The number of carbonyl (C=O) groups is 2. The van der Waals surface area contributed by atoms with Crippen molar-refractivity contribution >= 4 is 29.2 Å². The molecule has 1 aromatic heterocycles. The second-order valence-corrected chi connectivity index (χ2v) is 8.07. The molecule has 1 aliphatic rings. The number of nitrogens with zero attached hydrogens (tertiary/aromatic N) is 2. The standard InChI is InChI=1S/C26H23F3N2O3/c1-16-13-18(17(2)30(16)11-12-34-3)14-23-21-9-4-5-10-22(21)24(32)31(25(23)33)20-8-6-7-19(15-20)26(27,28)29/h4-10,13-15H,11-12H2,1-3H3/b23-14-.